The Hall–Kier alpha value is -2.84. The number of carbonyl (C=O) groups is 1. The molecule has 1 aliphatic rings. The largest absolute Gasteiger partial charge is 0.441 e. The van der Waals surface area contributed by atoms with Crippen LogP contribution < -0.4 is 5.32 Å². The maximum absolute atomic E-state index is 12.6. The van der Waals surface area contributed by atoms with Crippen LogP contribution in [0.15, 0.2) is 34.9 Å². The minimum absolute atomic E-state index is 0.0243. The number of nitrogens with zero attached hydrogens (tertiary/aromatic N) is 4. The van der Waals surface area contributed by atoms with Crippen molar-refractivity contribution in [1.29, 1.82) is 0 Å². The van der Waals surface area contributed by atoms with E-state index in [9.17, 15) is 4.79 Å². The molecule has 1 fully saturated rings. The molecule has 0 spiro atoms. The fraction of sp³-hybridized carbons (Fsp3) is 0.333. The van der Waals surface area contributed by atoms with Gasteiger partial charge in [-0.1, -0.05) is 0 Å². The molecule has 0 bridgehead atoms. The highest BCUT2D eigenvalue weighted by molar-refractivity contribution is 5.93. The third kappa shape index (κ3) is 3.71. The van der Waals surface area contributed by atoms with Gasteiger partial charge in [-0.2, -0.15) is 0 Å². The summed E-state index contributed by atoms with van der Waals surface area (Å²) in [6.45, 7) is -12.1. The van der Waals surface area contributed by atoms with Gasteiger partial charge in [0.1, 0.15) is 0 Å². The highest BCUT2D eigenvalue weighted by Gasteiger charge is 2.15. The number of fused-ring (bicyclic) bond motifs is 1. The Kier molecular flexibility index (Phi) is 2.69. The number of benzene rings is 1. The Labute approximate surface area is 161 Å². The van der Waals surface area contributed by atoms with E-state index in [0.29, 0.717) is 28.1 Å². The van der Waals surface area contributed by atoms with Gasteiger partial charge in [0.05, 0.1) is 36.9 Å². The zero-order valence-electron chi connectivity index (χ0n) is 21.6. The second-order valence-electron chi connectivity index (χ2n) is 5.41. The molecule has 134 valence electrons. The number of aryl methyl sites for hydroxylation is 1. The van der Waals surface area contributed by atoms with Crippen LogP contribution in [0.25, 0.3) is 22.2 Å². The molecule has 1 aliphatic heterocycles. The molecule has 8 nitrogen and oxygen atoms in total. The summed E-state index contributed by atoms with van der Waals surface area (Å²) in [7, 11) is 0. The summed E-state index contributed by atoms with van der Waals surface area (Å²) in [5.74, 6) is 0.0373. The van der Waals surface area contributed by atoms with Gasteiger partial charge in [-0.05, 0) is 24.3 Å². The summed E-state index contributed by atoms with van der Waals surface area (Å²) in [5.41, 5.74) is 1.22. The van der Waals surface area contributed by atoms with E-state index < -0.39 is 38.6 Å². The van der Waals surface area contributed by atoms with Gasteiger partial charge in [-0.3, -0.25) is 9.69 Å². The van der Waals surface area contributed by atoms with Crippen molar-refractivity contribution in [3.05, 3.63) is 36.4 Å². The number of nitrogens with one attached hydrogen (secondary N) is 1. The molecule has 8 heteroatoms. The molecule has 0 radical (unpaired) electrons. The highest BCUT2D eigenvalue weighted by atomic mass is 16.5. The first kappa shape index (κ1) is 9.75. The molecule has 1 saturated heterocycles. The lowest BCUT2D eigenvalue weighted by atomic mass is 10.1. The molecule has 1 N–H and O–H groups in total. The van der Waals surface area contributed by atoms with Crippen LogP contribution in [0.2, 0.25) is 0 Å². The number of hydrogen-bond acceptors (Lipinski definition) is 7. The van der Waals surface area contributed by atoms with Gasteiger partial charge < -0.3 is 14.5 Å². The number of carbonyl (C=O) groups excluding carboxylic acids is 1. The minimum Gasteiger partial charge on any atom is -0.441 e. The van der Waals surface area contributed by atoms with E-state index in [1.54, 1.807) is 31.3 Å². The monoisotopic (exact) mass is 361 g/mol. The summed E-state index contributed by atoms with van der Waals surface area (Å²) in [4.78, 5) is 16.8. The first-order chi connectivity index (χ1) is 15.6. The molecule has 0 unspecified atom stereocenters. The topological polar surface area (TPSA) is 93.4 Å². The van der Waals surface area contributed by atoms with Crippen LogP contribution in [0.4, 0.5) is 5.82 Å². The lowest BCUT2D eigenvalue weighted by Crippen LogP contribution is -2.41. The molecule has 0 atom stereocenters. The van der Waals surface area contributed by atoms with Crippen molar-refractivity contribution in [3.63, 3.8) is 0 Å². The average Bonchev–Trinajstić information content (AvgIpc) is 3.16. The first-order valence-electron chi connectivity index (χ1n) is 11.6. The van der Waals surface area contributed by atoms with Crippen LogP contribution >= 0.6 is 0 Å². The maximum atomic E-state index is 12.6. The number of aromatic nitrogens is 3. The van der Waals surface area contributed by atoms with Crippen molar-refractivity contribution < 1.29 is 24.9 Å². The molecular weight excluding hydrogens is 334 g/mol. The lowest BCUT2D eigenvalue weighted by Gasteiger charge is -2.25. The molecule has 0 saturated carbocycles. The first-order valence-corrected chi connectivity index (χ1v) is 7.62. The summed E-state index contributed by atoms with van der Waals surface area (Å²) in [6.07, 6.45) is 1.56. The van der Waals surface area contributed by atoms with Gasteiger partial charge in [0.2, 0.25) is 5.91 Å². The van der Waals surface area contributed by atoms with Crippen molar-refractivity contribution in [3.8, 4) is 11.3 Å². The number of hydrogen-bond donors (Lipinski definition) is 1. The zero-order chi connectivity index (χ0) is 25.1. The summed E-state index contributed by atoms with van der Waals surface area (Å²) >= 11 is 0. The van der Waals surface area contributed by atoms with Gasteiger partial charge in [0.25, 0.3) is 0 Å². The third-order valence-corrected chi connectivity index (χ3v) is 3.52. The number of morpholine rings is 1. The van der Waals surface area contributed by atoms with Crippen molar-refractivity contribution in [2.24, 2.45) is 0 Å². The Morgan fingerprint density at radius 3 is 2.92 bits per heavy atom. The van der Waals surface area contributed by atoms with Gasteiger partial charge >= 0.3 is 0 Å². The quantitative estimate of drug-likeness (QED) is 0.758. The van der Waals surface area contributed by atoms with E-state index in [-0.39, 0.29) is 10.7 Å². The van der Waals surface area contributed by atoms with Crippen LogP contribution in [-0.2, 0) is 9.53 Å². The number of amides is 1. The summed E-state index contributed by atoms with van der Waals surface area (Å²) < 4.78 is 72.6. The normalized spacial score (nSPS) is 27.6. The Balaban J connectivity index is 1.58. The number of oxazole rings is 1. The SMILES string of the molecule is [2H]C1([2H])OC([2H])([2H])C([2H])([2H])N(CC(=O)Nc2cc3cc(-c4cnc(C)o4)ccc3nn2)C1([2H])[2H]. The maximum Gasteiger partial charge on any atom is 0.239 e. The standard InChI is InChI=1S/C18H19N5O3/c1-12-19-10-16(26-12)13-2-3-15-14(8-13)9-17(22-21-15)20-18(24)11-23-4-6-25-7-5-23/h2-3,8-10H,4-7,11H2,1H3,(H,20,22,24)/i4D2,5D2,6D2,7D2. The molecule has 3 heterocycles. The van der Waals surface area contributed by atoms with Crippen LogP contribution in [0, 0.1) is 6.92 Å². The number of anilines is 1. The fourth-order valence-corrected chi connectivity index (χ4v) is 2.37. The minimum atomic E-state index is -3.24. The molecule has 4 rings (SSSR count). The number of ether oxygens (including phenoxy) is 1. The van der Waals surface area contributed by atoms with Crippen LogP contribution in [0.5, 0.6) is 0 Å². The van der Waals surface area contributed by atoms with Crippen LogP contribution in [0.3, 0.4) is 0 Å². The molecule has 1 amide bonds. The van der Waals surface area contributed by atoms with E-state index in [4.69, 9.17) is 15.4 Å². The van der Waals surface area contributed by atoms with Crippen LogP contribution in [0.1, 0.15) is 16.9 Å². The van der Waals surface area contributed by atoms with E-state index >= 15 is 0 Å². The zero-order valence-corrected chi connectivity index (χ0v) is 13.6. The second-order valence-corrected chi connectivity index (χ2v) is 5.41. The van der Waals surface area contributed by atoms with Crippen LogP contribution in [-0.4, -0.2) is 58.6 Å². The van der Waals surface area contributed by atoms with Crippen molar-refractivity contribution in [2.45, 2.75) is 6.92 Å². The number of rotatable bonds is 4. The van der Waals surface area contributed by atoms with Crippen molar-refractivity contribution in [1.82, 2.24) is 20.1 Å². The Morgan fingerprint density at radius 2 is 2.15 bits per heavy atom. The predicted molar refractivity (Wildman–Crippen MR) is 95.7 cm³/mol. The third-order valence-electron chi connectivity index (χ3n) is 3.52. The molecule has 0 aliphatic carbocycles. The summed E-state index contributed by atoms with van der Waals surface area (Å²) in [6, 6.07) is 6.69. The fourth-order valence-electron chi connectivity index (χ4n) is 2.37. The Bertz CT molecular complexity index is 1240. The van der Waals surface area contributed by atoms with Gasteiger partial charge in [-0.15, -0.1) is 10.2 Å². The molecule has 26 heavy (non-hydrogen) atoms. The van der Waals surface area contributed by atoms with E-state index in [2.05, 4.69) is 25.2 Å². The molecule has 1 aromatic carbocycles. The van der Waals surface area contributed by atoms with E-state index in [0.717, 1.165) is 0 Å². The van der Waals surface area contributed by atoms with Gasteiger partial charge in [0.15, 0.2) is 17.5 Å². The smallest absolute Gasteiger partial charge is 0.239 e. The molecule has 3 aromatic rings. The predicted octanol–water partition coefficient (Wildman–Crippen LogP) is 1.86. The lowest BCUT2D eigenvalue weighted by molar-refractivity contribution is -0.118. The summed E-state index contributed by atoms with van der Waals surface area (Å²) in [5, 5.41) is 10.8. The average molecular weight is 361 g/mol. The van der Waals surface area contributed by atoms with Crippen molar-refractivity contribution >= 4 is 22.6 Å². The van der Waals surface area contributed by atoms with Gasteiger partial charge in [-0.25, -0.2) is 4.98 Å². The van der Waals surface area contributed by atoms with Crippen molar-refractivity contribution in [2.75, 3.05) is 38.0 Å². The molecular formula is C18H19N5O3. The van der Waals surface area contributed by atoms with E-state index in [1.807, 2.05) is 0 Å². The van der Waals surface area contributed by atoms with Gasteiger partial charge in [0, 0.05) is 36.4 Å². The highest BCUT2D eigenvalue weighted by Crippen LogP contribution is 2.25. The molecule has 2 aromatic heterocycles. The second kappa shape index (κ2) is 7.19. The Morgan fingerprint density at radius 1 is 1.31 bits per heavy atom. The van der Waals surface area contributed by atoms with E-state index in [1.165, 1.54) is 6.07 Å².